The van der Waals surface area contributed by atoms with Gasteiger partial charge >= 0.3 is 12.2 Å². The van der Waals surface area contributed by atoms with Gasteiger partial charge in [0.25, 0.3) is 0 Å². The normalized spacial score (nSPS) is 17.6. The molecule has 0 saturated carbocycles. The van der Waals surface area contributed by atoms with Crippen molar-refractivity contribution in [3.63, 3.8) is 0 Å². The zero-order chi connectivity index (χ0) is 24.5. The number of urea groups is 1. The van der Waals surface area contributed by atoms with E-state index in [0.717, 1.165) is 29.1 Å². The first-order chi connectivity index (χ1) is 16.2. The van der Waals surface area contributed by atoms with Crippen molar-refractivity contribution in [2.45, 2.75) is 38.4 Å². The molecule has 2 amide bonds. The highest BCUT2D eigenvalue weighted by Crippen LogP contribution is 2.35. The SMILES string of the molecule is COc1ccc(NC(=O)N[C@@H]2C=C[C@@H](c3c(C)nn(-c4ccc(C(F)(F)F)cc4)c3C)C2)cc1. The molecule has 0 bridgehead atoms. The number of amides is 2. The van der Waals surface area contributed by atoms with Crippen LogP contribution in [0.4, 0.5) is 23.7 Å². The molecule has 9 heteroatoms. The van der Waals surface area contributed by atoms with Crippen LogP contribution in [0.2, 0.25) is 0 Å². The second kappa shape index (κ2) is 9.24. The minimum absolute atomic E-state index is 0.0366. The molecule has 4 rings (SSSR count). The lowest BCUT2D eigenvalue weighted by atomic mass is 9.96. The van der Waals surface area contributed by atoms with E-state index in [4.69, 9.17) is 4.74 Å². The van der Waals surface area contributed by atoms with Crippen molar-refractivity contribution >= 4 is 11.7 Å². The van der Waals surface area contributed by atoms with E-state index in [1.165, 1.54) is 12.1 Å². The zero-order valence-corrected chi connectivity index (χ0v) is 19.0. The van der Waals surface area contributed by atoms with Gasteiger partial charge in [0.1, 0.15) is 5.75 Å². The molecule has 178 valence electrons. The first-order valence-corrected chi connectivity index (χ1v) is 10.8. The van der Waals surface area contributed by atoms with Gasteiger partial charge in [0, 0.05) is 28.9 Å². The highest BCUT2D eigenvalue weighted by Gasteiger charge is 2.31. The Morgan fingerprint density at radius 3 is 2.35 bits per heavy atom. The fourth-order valence-electron chi connectivity index (χ4n) is 4.26. The Kier molecular flexibility index (Phi) is 6.37. The predicted molar refractivity (Wildman–Crippen MR) is 123 cm³/mol. The van der Waals surface area contributed by atoms with Crippen molar-refractivity contribution in [2.24, 2.45) is 0 Å². The van der Waals surface area contributed by atoms with Gasteiger partial charge in [0.15, 0.2) is 0 Å². The van der Waals surface area contributed by atoms with E-state index in [1.807, 2.05) is 26.0 Å². The van der Waals surface area contributed by atoms with Crippen LogP contribution in [0.3, 0.4) is 0 Å². The zero-order valence-electron chi connectivity index (χ0n) is 19.0. The van der Waals surface area contributed by atoms with Crippen molar-refractivity contribution in [3.05, 3.63) is 83.2 Å². The summed E-state index contributed by atoms with van der Waals surface area (Å²) in [5.41, 5.74) is 3.19. The van der Waals surface area contributed by atoms with Crippen LogP contribution in [-0.2, 0) is 6.18 Å². The van der Waals surface area contributed by atoms with Crippen molar-refractivity contribution in [2.75, 3.05) is 12.4 Å². The molecule has 2 aromatic carbocycles. The minimum atomic E-state index is -4.38. The number of rotatable bonds is 5. The number of carbonyl (C=O) groups excluding carboxylic acids is 1. The number of methoxy groups -OCH3 is 1. The third kappa shape index (κ3) is 4.93. The van der Waals surface area contributed by atoms with E-state index in [1.54, 1.807) is 36.1 Å². The van der Waals surface area contributed by atoms with Crippen LogP contribution >= 0.6 is 0 Å². The van der Waals surface area contributed by atoms with Gasteiger partial charge in [-0.15, -0.1) is 0 Å². The van der Waals surface area contributed by atoms with Crippen LogP contribution in [0, 0.1) is 13.8 Å². The van der Waals surface area contributed by atoms with Gasteiger partial charge in [-0.1, -0.05) is 12.2 Å². The predicted octanol–water partition coefficient (Wildman–Crippen LogP) is 5.75. The number of benzene rings is 2. The molecule has 2 atom stereocenters. The van der Waals surface area contributed by atoms with Gasteiger partial charge in [0.05, 0.1) is 24.1 Å². The number of hydrogen-bond donors (Lipinski definition) is 2. The summed E-state index contributed by atoms with van der Waals surface area (Å²) in [6.45, 7) is 3.78. The molecule has 1 aliphatic rings. The lowest BCUT2D eigenvalue weighted by molar-refractivity contribution is -0.137. The van der Waals surface area contributed by atoms with Crippen LogP contribution in [0.25, 0.3) is 5.69 Å². The van der Waals surface area contributed by atoms with Crippen molar-refractivity contribution in [3.8, 4) is 11.4 Å². The Labute approximate surface area is 195 Å². The molecular formula is C25H25F3N4O2. The number of hydrogen-bond acceptors (Lipinski definition) is 3. The van der Waals surface area contributed by atoms with E-state index in [0.29, 0.717) is 23.5 Å². The highest BCUT2D eigenvalue weighted by molar-refractivity contribution is 5.89. The largest absolute Gasteiger partial charge is 0.497 e. The Morgan fingerprint density at radius 1 is 1.06 bits per heavy atom. The van der Waals surface area contributed by atoms with Crippen LogP contribution in [0.5, 0.6) is 5.75 Å². The fraction of sp³-hybridized carbons (Fsp3) is 0.280. The number of ether oxygens (including phenoxy) is 1. The molecule has 0 aliphatic heterocycles. The topological polar surface area (TPSA) is 68.2 Å². The summed E-state index contributed by atoms with van der Waals surface area (Å²) in [5.74, 6) is 0.740. The number of aryl methyl sites for hydroxylation is 1. The van der Waals surface area contributed by atoms with Gasteiger partial charge in [0.2, 0.25) is 0 Å². The average molecular weight is 470 g/mol. The standard InChI is InChI=1S/C25H25F3N4O2/c1-15-23(16(2)32(31-15)21-10-5-18(6-11-21)25(26,27)28)17-4-7-20(14-17)30-24(33)29-19-8-12-22(34-3)13-9-19/h4-13,17,20H,14H2,1-3H3,(H2,29,30,33)/t17-,20-/m1/s1. The molecule has 1 heterocycles. The second-order valence-corrected chi connectivity index (χ2v) is 8.20. The van der Waals surface area contributed by atoms with Gasteiger partial charge in [-0.25, -0.2) is 9.48 Å². The van der Waals surface area contributed by atoms with E-state index < -0.39 is 11.7 Å². The number of aromatic nitrogens is 2. The summed E-state index contributed by atoms with van der Waals surface area (Å²) >= 11 is 0. The number of nitrogens with zero attached hydrogens (tertiary/aromatic N) is 2. The van der Waals surface area contributed by atoms with Gasteiger partial charge in [-0.3, -0.25) is 0 Å². The number of alkyl halides is 3. The first kappa shape index (κ1) is 23.4. The molecule has 0 unspecified atom stereocenters. The summed E-state index contributed by atoms with van der Waals surface area (Å²) in [5, 5.41) is 10.3. The van der Waals surface area contributed by atoms with Crippen molar-refractivity contribution in [1.82, 2.24) is 15.1 Å². The summed E-state index contributed by atoms with van der Waals surface area (Å²) in [4.78, 5) is 12.4. The molecule has 0 radical (unpaired) electrons. The number of anilines is 1. The van der Waals surface area contributed by atoms with E-state index in [9.17, 15) is 18.0 Å². The van der Waals surface area contributed by atoms with Crippen molar-refractivity contribution < 1.29 is 22.7 Å². The fourth-order valence-corrected chi connectivity index (χ4v) is 4.26. The maximum atomic E-state index is 12.9. The van der Waals surface area contributed by atoms with Gasteiger partial charge in [-0.05, 0) is 68.8 Å². The average Bonchev–Trinajstić information content (AvgIpc) is 3.36. The summed E-state index contributed by atoms with van der Waals surface area (Å²) in [6.07, 6.45) is 0.268. The van der Waals surface area contributed by atoms with Crippen LogP contribution in [-0.4, -0.2) is 29.0 Å². The molecule has 1 aromatic heterocycles. The maximum absolute atomic E-state index is 12.9. The van der Waals surface area contributed by atoms with E-state index in [-0.39, 0.29) is 18.0 Å². The number of allylic oxidation sites excluding steroid dienone is 1. The van der Waals surface area contributed by atoms with E-state index in [2.05, 4.69) is 15.7 Å². The summed E-state index contributed by atoms with van der Waals surface area (Å²) in [6, 6.07) is 11.5. The molecule has 2 N–H and O–H groups in total. The Balaban J connectivity index is 1.42. The molecule has 6 nitrogen and oxygen atoms in total. The molecule has 34 heavy (non-hydrogen) atoms. The van der Waals surface area contributed by atoms with Crippen molar-refractivity contribution in [1.29, 1.82) is 0 Å². The van der Waals surface area contributed by atoms with Crippen LogP contribution in [0.1, 0.15) is 34.9 Å². The molecule has 3 aromatic rings. The smallest absolute Gasteiger partial charge is 0.416 e. The summed E-state index contributed by atoms with van der Waals surface area (Å²) < 4.78 is 45.4. The monoisotopic (exact) mass is 470 g/mol. The highest BCUT2D eigenvalue weighted by atomic mass is 19.4. The molecular weight excluding hydrogens is 445 g/mol. The Bertz CT molecular complexity index is 1200. The third-order valence-electron chi connectivity index (χ3n) is 5.91. The second-order valence-electron chi connectivity index (χ2n) is 8.20. The van der Waals surface area contributed by atoms with Crippen LogP contribution < -0.4 is 15.4 Å². The lowest BCUT2D eigenvalue weighted by Crippen LogP contribution is -2.36. The van der Waals surface area contributed by atoms with Gasteiger partial charge in [-0.2, -0.15) is 18.3 Å². The number of carbonyl (C=O) groups is 1. The first-order valence-electron chi connectivity index (χ1n) is 10.8. The quantitative estimate of drug-likeness (QED) is 0.467. The Morgan fingerprint density at radius 2 is 1.74 bits per heavy atom. The lowest BCUT2D eigenvalue weighted by Gasteiger charge is -2.15. The maximum Gasteiger partial charge on any atom is 0.416 e. The van der Waals surface area contributed by atoms with E-state index >= 15 is 0 Å². The van der Waals surface area contributed by atoms with Gasteiger partial charge < -0.3 is 15.4 Å². The third-order valence-corrected chi connectivity index (χ3v) is 5.91. The minimum Gasteiger partial charge on any atom is -0.497 e. The summed E-state index contributed by atoms with van der Waals surface area (Å²) in [7, 11) is 1.58. The molecule has 0 saturated heterocycles. The molecule has 0 fully saturated rings. The molecule has 1 aliphatic carbocycles. The Hall–Kier alpha value is -3.75. The number of nitrogens with one attached hydrogen (secondary N) is 2. The molecule has 0 spiro atoms. The number of halogens is 3. The van der Waals surface area contributed by atoms with Crippen LogP contribution in [0.15, 0.2) is 60.7 Å².